The Balaban J connectivity index is 3.86. The van der Waals surface area contributed by atoms with Crippen LogP contribution in [-0.4, -0.2) is 13.1 Å². The summed E-state index contributed by atoms with van der Waals surface area (Å²) in [7, 11) is 2.02. The zero-order valence-corrected chi connectivity index (χ0v) is 8.44. The Morgan fingerprint density at radius 3 is 2.18 bits per heavy atom. The molecule has 0 aromatic rings. The Morgan fingerprint density at radius 1 is 1.36 bits per heavy atom. The third-order valence-electron chi connectivity index (χ3n) is 1.63. The van der Waals surface area contributed by atoms with Gasteiger partial charge in [0.2, 0.25) is 0 Å². The van der Waals surface area contributed by atoms with Gasteiger partial charge in [0.25, 0.3) is 0 Å². The summed E-state index contributed by atoms with van der Waals surface area (Å²) in [4.78, 5) is 0. The lowest BCUT2D eigenvalue weighted by Crippen LogP contribution is -2.24. The van der Waals surface area contributed by atoms with Crippen LogP contribution in [0.3, 0.4) is 0 Å². The molecule has 1 N–H and O–H groups in total. The van der Waals surface area contributed by atoms with Gasteiger partial charge in [0.15, 0.2) is 0 Å². The van der Waals surface area contributed by atoms with Crippen LogP contribution in [-0.2, 0) is 0 Å². The molecule has 0 fully saturated rings. The van der Waals surface area contributed by atoms with E-state index < -0.39 is 0 Å². The van der Waals surface area contributed by atoms with Crippen LogP contribution in [0.25, 0.3) is 0 Å². The first-order valence-electron chi connectivity index (χ1n) is 4.38. The monoisotopic (exact) mass is 155 g/mol. The van der Waals surface area contributed by atoms with Gasteiger partial charge in [-0.3, -0.25) is 0 Å². The van der Waals surface area contributed by atoms with Crippen molar-refractivity contribution in [3.8, 4) is 0 Å². The molecule has 1 unspecified atom stereocenters. The van der Waals surface area contributed by atoms with Crippen LogP contribution in [0.5, 0.6) is 0 Å². The maximum absolute atomic E-state index is 3.29. The van der Waals surface area contributed by atoms with Crippen molar-refractivity contribution in [2.24, 2.45) is 5.92 Å². The number of hydrogen-bond donors (Lipinski definition) is 1. The highest BCUT2D eigenvalue weighted by molar-refractivity contribution is 5.00. The van der Waals surface area contributed by atoms with Crippen LogP contribution in [0.4, 0.5) is 0 Å². The molecular formula is C10H21N. The van der Waals surface area contributed by atoms with Crippen LogP contribution in [0.2, 0.25) is 0 Å². The van der Waals surface area contributed by atoms with Gasteiger partial charge in [-0.1, -0.05) is 25.5 Å². The molecule has 0 rings (SSSR count). The summed E-state index contributed by atoms with van der Waals surface area (Å²) in [5.41, 5.74) is 1.39. The van der Waals surface area contributed by atoms with Crippen molar-refractivity contribution in [3.05, 3.63) is 11.6 Å². The summed E-state index contributed by atoms with van der Waals surface area (Å²) in [6.45, 7) is 8.79. The molecule has 0 aliphatic rings. The summed E-state index contributed by atoms with van der Waals surface area (Å²) in [6, 6.07) is 0.556. The predicted octanol–water partition coefficient (Wildman–Crippen LogP) is 2.59. The zero-order valence-electron chi connectivity index (χ0n) is 8.44. The van der Waals surface area contributed by atoms with Crippen LogP contribution >= 0.6 is 0 Å². The zero-order chi connectivity index (χ0) is 8.85. The molecule has 0 spiro atoms. The lowest BCUT2D eigenvalue weighted by Gasteiger charge is -2.14. The fourth-order valence-electron chi connectivity index (χ4n) is 1.18. The number of likely N-dealkylation sites (N-methyl/N-ethyl adjacent to an activating group) is 1. The number of allylic oxidation sites excluding steroid dienone is 1. The first-order chi connectivity index (χ1) is 5.06. The van der Waals surface area contributed by atoms with Crippen molar-refractivity contribution in [1.29, 1.82) is 0 Å². The van der Waals surface area contributed by atoms with Gasteiger partial charge in [0, 0.05) is 6.04 Å². The van der Waals surface area contributed by atoms with Crippen LogP contribution in [0.1, 0.15) is 34.1 Å². The van der Waals surface area contributed by atoms with Crippen LogP contribution in [0, 0.1) is 5.92 Å². The van der Waals surface area contributed by atoms with Crippen molar-refractivity contribution in [2.45, 2.75) is 40.2 Å². The molecule has 0 aliphatic heterocycles. The van der Waals surface area contributed by atoms with Gasteiger partial charge < -0.3 is 5.32 Å². The lowest BCUT2D eigenvalue weighted by molar-refractivity contribution is 0.498. The molecule has 0 heterocycles. The van der Waals surface area contributed by atoms with Crippen LogP contribution < -0.4 is 5.32 Å². The first-order valence-corrected chi connectivity index (χ1v) is 4.38. The smallest absolute Gasteiger partial charge is 0.0251 e. The van der Waals surface area contributed by atoms with E-state index in [-0.39, 0.29) is 0 Å². The van der Waals surface area contributed by atoms with E-state index in [4.69, 9.17) is 0 Å². The SMILES string of the molecule is CNC(C=C(C)C)CC(C)C. The summed E-state index contributed by atoms with van der Waals surface area (Å²) in [6.07, 6.45) is 3.52. The lowest BCUT2D eigenvalue weighted by atomic mass is 10.0. The molecule has 0 radical (unpaired) electrons. The van der Waals surface area contributed by atoms with Crippen molar-refractivity contribution < 1.29 is 0 Å². The van der Waals surface area contributed by atoms with Gasteiger partial charge in [-0.2, -0.15) is 0 Å². The van der Waals surface area contributed by atoms with E-state index in [2.05, 4.69) is 39.1 Å². The minimum Gasteiger partial charge on any atom is -0.314 e. The van der Waals surface area contributed by atoms with Crippen molar-refractivity contribution in [1.82, 2.24) is 5.32 Å². The van der Waals surface area contributed by atoms with E-state index in [1.165, 1.54) is 12.0 Å². The standard InChI is InChI=1S/C10H21N/c1-8(2)6-10(11-5)7-9(3)4/h6,9-11H,7H2,1-5H3. The quantitative estimate of drug-likeness (QED) is 0.615. The molecule has 1 atom stereocenters. The van der Waals surface area contributed by atoms with Crippen molar-refractivity contribution in [3.63, 3.8) is 0 Å². The summed E-state index contributed by atoms with van der Waals surface area (Å²) >= 11 is 0. The maximum Gasteiger partial charge on any atom is 0.0251 e. The summed E-state index contributed by atoms with van der Waals surface area (Å²) < 4.78 is 0. The summed E-state index contributed by atoms with van der Waals surface area (Å²) in [5, 5.41) is 3.29. The van der Waals surface area contributed by atoms with Crippen LogP contribution in [0.15, 0.2) is 11.6 Å². The average Bonchev–Trinajstić information content (AvgIpc) is 1.84. The van der Waals surface area contributed by atoms with Crippen molar-refractivity contribution >= 4 is 0 Å². The average molecular weight is 155 g/mol. The van der Waals surface area contributed by atoms with E-state index in [0.29, 0.717) is 6.04 Å². The van der Waals surface area contributed by atoms with Gasteiger partial charge in [-0.15, -0.1) is 0 Å². The first kappa shape index (κ1) is 10.7. The Morgan fingerprint density at radius 2 is 1.91 bits per heavy atom. The van der Waals surface area contributed by atoms with E-state index in [1.807, 2.05) is 7.05 Å². The Labute approximate surface area is 70.9 Å². The van der Waals surface area contributed by atoms with Gasteiger partial charge >= 0.3 is 0 Å². The second kappa shape index (κ2) is 5.36. The molecule has 0 aromatic heterocycles. The van der Waals surface area contributed by atoms with E-state index in [9.17, 15) is 0 Å². The Kier molecular flexibility index (Phi) is 5.22. The number of hydrogen-bond acceptors (Lipinski definition) is 1. The van der Waals surface area contributed by atoms with Gasteiger partial charge in [0.1, 0.15) is 0 Å². The Bertz CT molecular complexity index is 121. The molecule has 1 heteroatoms. The maximum atomic E-state index is 3.29. The molecule has 66 valence electrons. The fourth-order valence-corrected chi connectivity index (χ4v) is 1.18. The predicted molar refractivity (Wildman–Crippen MR) is 51.7 cm³/mol. The topological polar surface area (TPSA) is 12.0 Å². The fraction of sp³-hybridized carbons (Fsp3) is 0.800. The molecule has 0 saturated heterocycles. The van der Waals surface area contributed by atoms with Crippen molar-refractivity contribution in [2.75, 3.05) is 7.05 Å². The third kappa shape index (κ3) is 6.11. The van der Waals surface area contributed by atoms with E-state index in [1.54, 1.807) is 0 Å². The molecule has 1 nitrogen and oxygen atoms in total. The number of rotatable bonds is 4. The van der Waals surface area contributed by atoms with Gasteiger partial charge in [-0.25, -0.2) is 0 Å². The molecule has 0 bridgehead atoms. The minimum atomic E-state index is 0.556. The van der Waals surface area contributed by atoms with E-state index >= 15 is 0 Å². The molecule has 0 aromatic carbocycles. The highest BCUT2D eigenvalue weighted by atomic mass is 14.9. The normalized spacial score (nSPS) is 13.3. The molecular weight excluding hydrogens is 134 g/mol. The highest BCUT2D eigenvalue weighted by Crippen LogP contribution is 2.06. The van der Waals surface area contributed by atoms with E-state index in [0.717, 1.165) is 5.92 Å². The molecule has 11 heavy (non-hydrogen) atoms. The van der Waals surface area contributed by atoms with Gasteiger partial charge in [-0.05, 0) is 33.2 Å². The summed E-state index contributed by atoms with van der Waals surface area (Å²) in [5.74, 6) is 0.767. The third-order valence-corrected chi connectivity index (χ3v) is 1.63. The second-order valence-corrected chi connectivity index (χ2v) is 3.77. The Hall–Kier alpha value is -0.300. The second-order valence-electron chi connectivity index (χ2n) is 3.77. The van der Waals surface area contributed by atoms with Gasteiger partial charge in [0.05, 0.1) is 0 Å². The highest BCUT2D eigenvalue weighted by Gasteiger charge is 2.03. The largest absolute Gasteiger partial charge is 0.314 e. The molecule has 0 amide bonds. The molecule has 0 aliphatic carbocycles. The minimum absolute atomic E-state index is 0.556. The number of nitrogens with one attached hydrogen (secondary N) is 1. The molecule has 0 saturated carbocycles.